The van der Waals surface area contributed by atoms with Gasteiger partial charge in [0, 0.05) is 38.4 Å². The van der Waals surface area contributed by atoms with Crippen LogP contribution < -0.4 is 9.64 Å². The van der Waals surface area contributed by atoms with Crippen LogP contribution in [0.4, 0.5) is 10.1 Å². The quantitative estimate of drug-likeness (QED) is 0.819. The van der Waals surface area contributed by atoms with Crippen molar-refractivity contribution in [1.82, 2.24) is 4.90 Å². The molecule has 0 N–H and O–H groups in total. The predicted molar refractivity (Wildman–Crippen MR) is 103 cm³/mol. The van der Waals surface area contributed by atoms with E-state index in [0.29, 0.717) is 0 Å². The van der Waals surface area contributed by atoms with Crippen LogP contribution >= 0.6 is 0 Å². The molecule has 2 aliphatic heterocycles. The average Bonchev–Trinajstić information content (AvgIpc) is 2.63. The summed E-state index contributed by atoms with van der Waals surface area (Å²) in [6, 6.07) is 13.5. The SMILES string of the molecule is CC1(C)CCc2cc(CN3CCN(c4ccc(F)cc4)CC3)ccc2O1. The van der Waals surface area contributed by atoms with E-state index in [9.17, 15) is 4.39 Å². The second-order valence-electron chi connectivity index (χ2n) is 8.04. The Kier molecular flexibility index (Phi) is 4.62. The topological polar surface area (TPSA) is 15.7 Å². The first-order valence-electron chi connectivity index (χ1n) is 9.52. The largest absolute Gasteiger partial charge is 0.488 e. The summed E-state index contributed by atoms with van der Waals surface area (Å²) in [6.45, 7) is 9.31. The van der Waals surface area contributed by atoms with E-state index in [4.69, 9.17) is 4.74 Å². The fraction of sp³-hybridized carbons (Fsp3) is 0.455. The Morgan fingerprint density at radius 3 is 2.46 bits per heavy atom. The van der Waals surface area contributed by atoms with Gasteiger partial charge in [0.05, 0.1) is 0 Å². The number of halogens is 1. The minimum Gasteiger partial charge on any atom is -0.488 e. The van der Waals surface area contributed by atoms with E-state index < -0.39 is 0 Å². The van der Waals surface area contributed by atoms with Crippen molar-refractivity contribution in [1.29, 1.82) is 0 Å². The Bertz CT molecular complexity index is 764. The molecule has 1 saturated heterocycles. The van der Waals surface area contributed by atoms with E-state index >= 15 is 0 Å². The number of rotatable bonds is 3. The van der Waals surface area contributed by atoms with Gasteiger partial charge in [-0.3, -0.25) is 4.90 Å². The molecular formula is C22H27FN2O. The van der Waals surface area contributed by atoms with Gasteiger partial charge >= 0.3 is 0 Å². The van der Waals surface area contributed by atoms with Gasteiger partial charge in [-0.05, 0) is 68.1 Å². The molecule has 0 atom stereocenters. The Hall–Kier alpha value is -2.07. The lowest BCUT2D eigenvalue weighted by atomic mass is 9.93. The van der Waals surface area contributed by atoms with E-state index in [1.807, 2.05) is 12.1 Å². The van der Waals surface area contributed by atoms with Crippen molar-refractivity contribution in [3.8, 4) is 5.75 Å². The molecule has 4 heteroatoms. The van der Waals surface area contributed by atoms with Crippen LogP contribution in [-0.2, 0) is 13.0 Å². The number of ether oxygens (including phenoxy) is 1. The third-order valence-corrected chi connectivity index (χ3v) is 5.48. The van der Waals surface area contributed by atoms with E-state index in [-0.39, 0.29) is 11.4 Å². The second kappa shape index (κ2) is 6.92. The maximum absolute atomic E-state index is 13.1. The van der Waals surface area contributed by atoms with Crippen LogP contribution in [0.25, 0.3) is 0 Å². The minimum atomic E-state index is -0.174. The summed E-state index contributed by atoms with van der Waals surface area (Å²) in [7, 11) is 0. The molecule has 0 bridgehead atoms. The zero-order chi connectivity index (χ0) is 18.1. The molecule has 3 nitrogen and oxygen atoms in total. The predicted octanol–water partition coefficient (Wildman–Crippen LogP) is 4.25. The molecule has 26 heavy (non-hydrogen) atoms. The third-order valence-electron chi connectivity index (χ3n) is 5.48. The van der Waals surface area contributed by atoms with Gasteiger partial charge in [-0.15, -0.1) is 0 Å². The first-order chi connectivity index (χ1) is 12.5. The highest BCUT2D eigenvalue weighted by Gasteiger charge is 2.26. The van der Waals surface area contributed by atoms with Gasteiger partial charge in [-0.1, -0.05) is 12.1 Å². The number of anilines is 1. The number of aryl methyl sites for hydroxylation is 1. The molecule has 138 valence electrons. The maximum Gasteiger partial charge on any atom is 0.123 e. The Morgan fingerprint density at radius 2 is 1.73 bits per heavy atom. The molecule has 0 spiro atoms. The minimum absolute atomic E-state index is 0.0504. The van der Waals surface area contributed by atoms with Crippen molar-refractivity contribution >= 4 is 5.69 Å². The van der Waals surface area contributed by atoms with Gasteiger partial charge in [-0.2, -0.15) is 0 Å². The Morgan fingerprint density at radius 1 is 1.00 bits per heavy atom. The van der Waals surface area contributed by atoms with Crippen LogP contribution in [0.5, 0.6) is 5.75 Å². The Labute approximate surface area is 155 Å². The molecule has 0 aliphatic carbocycles. The molecule has 2 heterocycles. The molecule has 1 fully saturated rings. The molecule has 2 aromatic carbocycles. The average molecular weight is 354 g/mol. The molecule has 0 radical (unpaired) electrons. The van der Waals surface area contributed by atoms with Gasteiger partial charge in [0.2, 0.25) is 0 Å². The third kappa shape index (κ3) is 3.85. The van der Waals surface area contributed by atoms with E-state index in [1.165, 1.54) is 23.3 Å². The fourth-order valence-electron chi connectivity index (χ4n) is 3.88. The molecule has 2 aliphatic rings. The van der Waals surface area contributed by atoms with Gasteiger partial charge < -0.3 is 9.64 Å². The van der Waals surface area contributed by atoms with Crippen molar-refractivity contribution in [2.24, 2.45) is 0 Å². The zero-order valence-corrected chi connectivity index (χ0v) is 15.7. The van der Waals surface area contributed by atoms with Crippen molar-refractivity contribution in [2.45, 2.75) is 38.8 Å². The lowest BCUT2D eigenvalue weighted by Gasteiger charge is -2.36. The first-order valence-corrected chi connectivity index (χ1v) is 9.52. The summed E-state index contributed by atoms with van der Waals surface area (Å²) in [5.41, 5.74) is 3.76. The number of piperazine rings is 1. The summed E-state index contributed by atoms with van der Waals surface area (Å²) in [5, 5.41) is 0. The molecule has 0 unspecified atom stereocenters. The lowest BCUT2D eigenvalue weighted by molar-refractivity contribution is 0.0846. The zero-order valence-electron chi connectivity index (χ0n) is 15.7. The van der Waals surface area contributed by atoms with Gasteiger partial charge in [0.15, 0.2) is 0 Å². The monoisotopic (exact) mass is 354 g/mol. The summed E-state index contributed by atoms with van der Waals surface area (Å²) in [6.07, 6.45) is 2.16. The molecule has 4 rings (SSSR count). The van der Waals surface area contributed by atoms with Crippen LogP contribution in [-0.4, -0.2) is 36.7 Å². The lowest BCUT2D eigenvalue weighted by Crippen LogP contribution is -2.46. The number of hydrogen-bond donors (Lipinski definition) is 0. The highest BCUT2D eigenvalue weighted by Crippen LogP contribution is 2.33. The first kappa shape index (κ1) is 17.3. The summed E-state index contributed by atoms with van der Waals surface area (Å²) < 4.78 is 19.2. The van der Waals surface area contributed by atoms with Crippen molar-refractivity contribution < 1.29 is 9.13 Å². The van der Waals surface area contributed by atoms with Gasteiger partial charge in [-0.25, -0.2) is 4.39 Å². The number of fused-ring (bicyclic) bond motifs is 1. The van der Waals surface area contributed by atoms with Crippen molar-refractivity contribution in [3.63, 3.8) is 0 Å². The van der Waals surface area contributed by atoms with Gasteiger partial charge in [0.1, 0.15) is 17.2 Å². The summed E-state index contributed by atoms with van der Waals surface area (Å²) in [5.74, 6) is 0.873. The molecule has 0 aromatic heterocycles. The molecular weight excluding hydrogens is 327 g/mol. The second-order valence-corrected chi connectivity index (χ2v) is 8.04. The van der Waals surface area contributed by atoms with E-state index in [0.717, 1.165) is 57.0 Å². The van der Waals surface area contributed by atoms with Crippen LogP contribution in [0, 0.1) is 5.82 Å². The van der Waals surface area contributed by atoms with Crippen LogP contribution in [0.15, 0.2) is 42.5 Å². The standard InChI is InChI=1S/C22H27FN2O/c1-22(2)10-9-18-15-17(3-8-21(18)26-22)16-24-11-13-25(14-12-24)20-6-4-19(23)5-7-20/h3-8,15H,9-14,16H2,1-2H3. The number of benzene rings is 2. The summed E-state index contributed by atoms with van der Waals surface area (Å²) >= 11 is 0. The van der Waals surface area contributed by atoms with Crippen molar-refractivity contribution in [2.75, 3.05) is 31.1 Å². The smallest absolute Gasteiger partial charge is 0.123 e. The van der Waals surface area contributed by atoms with E-state index in [2.05, 4.69) is 41.8 Å². The molecule has 0 saturated carbocycles. The maximum atomic E-state index is 13.1. The Balaban J connectivity index is 1.35. The summed E-state index contributed by atoms with van der Waals surface area (Å²) in [4.78, 5) is 4.83. The highest BCUT2D eigenvalue weighted by molar-refractivity contribution is 5.46. The fourth-order valence-corrected chi connectivity index (χ4v) is 3.88. The van der Waals surface area contributed by atoms with E-state index in [1.54, 1.807) is 0 Å². The number of hydrogen-bond acceptors (Lipinski definition) is 3. The van der Waals surface area contributed by atoms with Crippen LogP contribution in [0.1, 0.15) is 31.4 Å². The van der Waals surface area contributed by atoms with Crippen LogP contribution in [0.2, 0.25) is 0 Å². The van der Waals surface area contributed by atoms with Crippen molar-refractivity contribution in [3.05, 3.63) is 59.4 Å². The van der Waals surface area contributed by atoms with Gasteiger partial charge in [0.25, 0.3) is 0 Å². The highest BCUT2D eigenvalue weighted by atomic mass is 19.1. The molecule has 0 amide bonds. The molecule has 2 aromatic rings. The normalized spacial score (nSPS) is 19.7. The van der Waals surface area contributed by atoms with Crippen LogP contribution in [0.3, 0.4) is 0 Å². The number of nitrogens with zero attached hydrogens (tertiary/aromatic N) is 2.